The van der Waals surface area contributed by atoms with E-state index in [1.54, 1.807) is 4.90 Å². The Morgan fingerprint density at radius 3 is 2.33 bits per heavy atom. The Bertz CT molecular complexity index is 623. The molecular formula is C17H19BrN2O. The zero-order chi connectivity index (χ0) is 15.4. The van der Waals surface area contributed by atoms with Crippen LogP contribution in [-0.2, 0) is 6.54 Å². The molecule has 21 heavy (non-hydrogen) atoms. The third-order valence-corrected chi connectivity index (χ3v) is 3.82. The van der Waals surface area contributed by atoms with Gasteiger partial charge in [-0.3, -0.25) is 4.79 Å². The van der Waals surface area contributed by atoms with E-state index in [4.69, 9.17) is 0 Å². The number of hydrogen-bond donors (Lipinski definition) is 0. The average Bonchev–Trinajstić information content (AvgIpc) is 2.49. The van der Waals surface area contributed by atoms with E-state index in [0.717, 1.165) is 15.7 Å². The van der Waals surface area contributed by atoms with Gasteiger partial charge in [-0.1, -0.05) is 34.1 Å². The summed E-state index contributed by atoms with van der Waals surface area (Å²) >= 11 is 3.41. The molecule has 2 rings (SSSR count). The fourth-order valence-electron chi connectivity index (χ4n) is 2.07. The van der Waals surface area contributed by atoms with E-state index in [9.17, 15) is 4.79 Å². The summed E-state index contributed by atoms with van der Waals surface area (Å²) in [5.41, 5.74) is 2.84. The average molecular weight is 347 g/mol. The van der Waals surface area contributed by atoms with E-state index < -0.39 is 0 Å². The second-order valence-corrected chi connectivity index (χ2v) is 6.15. The van der Waals surface area contributed by atoms with E-state index in [1.165, 1.54) is 0 Å². The summed E-state index contributed by atoms with van der Waals surface area (Å²) in [6, 6.07) is 15.7. The SMILES string of the molecule is CN(Cc1ccc(Br)cc1)C(=O)c1cccc(N(C)C)c1. The van der Waals surface area contributed by atoms with Gasteiger partial charge in [0.2, 0.25) is 0 Å². The van der Waals surface area contributed by atoms with Crippen molar-refractivity contribution in [2.45, 2.75) is 6.54 Å². The molecule has 0 spiro atoms. The van der Waals surface area contributed by atoms with Crippen LogP contribution in [0.2, 0.25) is 0 Å². The van der Waals surface area contributed by atoms with Gasteiger partial charge in [0.25, 0.3) is 5.91 Å². The number of anilines is 1. The minimum absolute atomic E-state index is 0.0293. The van der Waals surface area contributed by atoms with Gasteiger partial charge in [-0.2, -0.15) is 0 Å². The van der Waals surface area contributed by atoms with Crippen molar-refractivity contribution in [3.05, 3.63) is 64.1 Å². The monoisotopic (exact) mass is 346 g/mol. The lowest BCUT2D eigenvalue weighted by Gasteiger charge is -2.19. The summed E-state index contributed by atoms with van der Waals surface area (Å²) in [5.74, 6) is 0.0293. The highest BCUT2D eigenvalue weighted by Gasteiger charge is 2.12. The summed E-state index contributed by atoms with van der Waals surface area (Å²) in [4.78, 5) is 16.2. The molecule has 110 valence electrons. The van der Waals surface area contributed by atoms with Crippen LogP contribution in [0.1, 0.15) is 15.9 Å². The van der Waals surface area contributed by atoms with Crippen molar-refractivity contribution in [2.75, 3.05) is 26.0 Å². The van der Waals surface area contributed by atoms with Crippen LogP contribution in [0.3, 0.4) is 0 Å². The number of nitrogens with zero attached hydrogens (tertiary/aromatic N) is 2. The first-order chi connectivity index (χ1) is 9.97. The molecule has 2 aromatic rings. The molecule has 2 aromatic carbocycles. The predicted molar refractivity (Wildman–Crippen MR) is 90.7 cm³/mol. The van der Waals surface area contributed by atoms with Crippen molar-refractivity contribution in [2.24, 2.45) is 0 Å². The van der Waals surface area contributed by atoms with Gasteiger partial charge in [0.15, 0.2) is 0 Å². The molecule has 4 heteroatoms. The molecule has 0 bridgehead atoms. The molecule has 0 atom stereocenters. The zero-order valence-electron chi connectivity index (χ0n) is 12.5. The number of benzene rings is 2. The highest BCUT2D eigenvalue weighted by Crippen LogP contribution is 2.16. The molecule has 0 radical (unpaired) electrons. The Kier molecular flexibility index (Phi) is 5.02. The lowest BCUT2D eigenvalue weighted by molar-refractivity contribution is 0.0785. The molecule has 0 aliphatic heterocycles. The highest BCUT2D eigenvalue weighted by atomic mass is 79.9. The number of carbonyl (C=O) groups excluding carboxylic acids is 1. The van der Waals surface area contributed by atoms with Crippen molar-refractivity contribution < 1.29 is 4.79 Å². The van der Waals surface area contributed by atoms with E-state index in [2.05, 4.69) is 15.9 Å². The van der Waals surface area contributed by atoms with Crippen molar-refractivity contribution in [3.8, 4) is 0 Å². The minimum atomic E-state index is 0.0293. The molecule has 3 nitrogen and oxygen atoms in total. The van der Waals surface area contributed by atoms with Gasteiger partial charge in [0.1, 0.15) is 0 Å². The van der Waals surface area contributed by atoms with Gasteiger partial charge in [-0.25, -0.2) is 0 Å². The zero-order valence-corrected chi connectivity index (χ0v) is 14.1. The van der Waals surface area contributed by atoms with Gasteiger partial charge >= 0.3 is 0 Å². The van der Waals surface area contributed by atoms with Crippen LogP contribution in [0, 0.1) is 0 Å². The smallest absolute Gasteiger partial charge is 0.253 e. The molecule has 0 fully saturated rings. The molecule has 0 saturated carbocycles. The maximum Gasteiger partial charge on any atom is 0.253 e. The van der Waals surface area contributed by atoms with Crippen LogP contribution >= 0.6 is 15.9 Å². The van der Waals surface area contributed by atoms with Gasteiger partial charge in [0.05, 0.1) is 0 Å². The Morgan fingerprint density at radius 1 is 1.05 bits per heavy atom. The van der Waals surface area contributed by atoms with Crippen LogP contribution in [0.5, 0.6) is 0 Å². The molecule has 0 aliphatic rings. The van der Waals surface area contributed by atoms with Crippen molar-refractivity contribution in [3.63, 3.8) is 0 Å². The van der Waals surface area contributed by atoms with Gasteiger partial charge in [-0.05, 0) is 35.9 Å². The molecule has 0 unspecified atom stereocenters. The molecule has 0 heterocycles. The number of carbonyl (C=O) groups is 1. The van der Waals surface area contributed by atoms with Crippen molar-refractivity contribution in [1.29, 1.82) is 0 Å². The third kappa shape index (κ3) is 4.08. The van der Waals surface area contributed by atoms with Crippen LogP contribution in [-0.4, -0.2) is 32.0 Å². The predicted octanol–water partition coefficient (Wildman–Crippen LogP) is 3.79. The maximum atomic E-state index is 12.5. The quantitative estimate of drug-likeness (QED) is 0.840. The van der Waals surface area contributed by atoms with Crippen LogP contribution in [0.15, 0.2) is 53.0 Å². The summed E-state index contributed by atoms with van der Waals surface area (Å²) in [7, 11) is 5.76. The summed E-state index contributed by atoms with van der Waals surface area (Å²) in [6.45, 7) is 0.596. The molecule has 1 amide bonds. The number of rotatable bonds is 4. The van der Waals surface area contributed by atoms with Crippen LogP contribution in [0.4, 0.5) is 5.69 Å². The molecule has 0 aromatic heterocycles. The van der Waals surface area contributed by atoms with E-state index in [0.29, 0.717) is 12.1 Å². The van der Waals surface area contributed by atoms with Crippen molar-refractivity contribution in [1.82, 2.24) is 4.90 Å². The normalized spacial score (nSPS) is 10.3. The summed E-state index contributed by atoms with van der Waals surface area (Å²) < 4.78 is 1.04. The van der Waals surface area contributed by atoms with E-state index in [-0.39, 0.29) is 5.91 Å². The van der Waals surface area contributed by atoms with Crippen LogP contribution < -0.4 is 4.90 Å². The minimum Gasteiger partial charge on any atom is -0.378 e. The second kappa shape index (κ2) is 6.76. The summed E-state index contributed by atoms with van der Waals surface area (Å²) in [5, 5.41) is 0. The van der Waals surface area contributed by atoms with Gasteiger partial charge < -0.3 is 9.80 Å². The first-order valence-corrected chi connectivity index (χ1v) is 7.54. The highest BCUT2D eigenvalue weighted by molar-refractivity contribution is 9.10. The number of amides is 1. The third-order valence-electron chi connectivity index (χ3n) is 3.29. The second-order valence-electron chi connectivity index (χ2n) is 5.23. The fourth-order valence-corrected chi connectivity index (χ4v) is 2.34. The fraction of sp³-hybridized carbons (Fsp3) is 0.235. The Morgan fingerprint density at radius 2 is 1.71 bits per heavy atom. The topological polar surface area (TPSA) is 23.6 Å². The molecular weight excluding hydrogens is 328 g/mol. The maximum absolute atomic E-state index is 12.5. The lowest BCUT2D eigenvalue weighted by atomic mass is 10.1. The van der Waals surface area contributed by atoms with Crippen molar-refractivity contribution >= 4 is 27.5 Å². The van der Waals surface area contributed by atoms with Crippen LogP contribution in [0.25, 0.3) is 0 Å². The largest absolute Gasteiger partial charge is 0.378 e. The Labute approximate surface area is 134 Å². The lowest BCUT2D eigenvalue weighted by Crippen LogP contribution is -2.26. The Balaban J connectivity index is 2.11. The molecule has 0 aliphatic carbocycles. The summed E-state index contributed by atoms with van der Waals surface area (Å²) in [6.07, 6.45) is 0. The first kappa shape index (κ1) is 15.6. The number of halogens is 1. The number of hydrogen-bond acceptors (Lipinski definition) is 2. The first-order valence-electron chi connectivity index (χ1n) is 6.74. The van der Waals surface area contributed by atoms with E-state index in [1.807, 2.05) is 74.6 Å². The molecule has 0 N–H and O–H groups in total. The standard InChI is InChI=1S/C17H19BrN2O/c1-19(2)16-6-4-5-14(11-16)17(21)20(3)12-13-7-9-15(18)10-8-13/h4-11H,12H2,1-3H3. The van der Waals surface area contributed by atoms with Gasteiger partial charge in [-0.15, -0.1) is 0 Å². The van der Waals surface area contributed by atoms with Gasteiger partial charge in [0, 0.05) is 43.4 Å². The Hall–Kier alpha value is -1.81. The molecule has 0 saturated heterocycles. The van der Waals surface area contributed by atoms with E-state index >= 15 is 0 Å².